The number of benzene rings is 7. The molecule has 0 saturated carbocycles. The number of hydrogen-bond acceptors (Lipinski definition) is 4. The normalized spacial score (nSPS) is 13.1. The van der Waals surface area contributed by atoms with Crippen molar-refractivity contribution in [2.75, 3.05) is 9.80 Å². The third-order valence-electron chi connectivity index (χ3n) is 10.4. The first-order chi connectivity index (χ1) is 25.6. The van der Waals surface area contributed by atoms with Gasteiger partial charge in [0.05, 0.1) is 0 Å². The molecule has 4 nitrogen and oxygen atoms in total. The van der Waals surface area contributed by atoms with Crippen LogP contribution in [0.4, 0.5) is 28.4 Å². The summed E-state index contributed by atoms with van der Waals surface area (Å²) in [6.07, 6.45) is 8.61. The van der Waals surface area contributed by atoms with Crippen LogP contribution in [0.2, 0.25) is 0 Å². The number of aryl methyl sites for hydroxylation is 2. The van der Waals surface area contributed by atoms with Crippen LogP contribution < -0.4 is 9.80 Å². The maximum absolute atomic E-state index is 6.90. The highest BCUT2D eigenvalue weighted by atomic mass is 16.4. The molecule has 52 heavy (non-hydrogen) atoms. The van der Waals surface area contributed by atoms with E-state index in [4.69, 9.17) is 8.83 Å². The molecule has 2 aromatic heterocycles. The number of furan rings is 2. The van der Waals surface area contributed by atoms with Gasteiger partial charge in [-0.2, -0.15) is 0 Å². The Kier molecular flexibility index (Phi) is 7.03. The average molecular weight is 673 g/mol. The minimum Gasteiger partial charge on any atom is -0.452 e. The van der Waals surface area contributed by atoms with E-state index in [0.717, 1.165) is 95.9 Å². The van der Waals surface area contributed by atoms with Crippen molar-refractivity contribution >= 4 is 83.1 Å². The van der Waals surface area contributed by atoms with E-state index in [2.05, 4.69) is 181 Å². The summed E-state index contributed by atoms with van der Waals surface area (Å²) in [5.74, 6) is 0. The molecule has 4 heteroatoms. The zero-order valence-corrected chi connectivity index (χ0v) is 29.1. The summed E-state index contributed by atoms with van der Waals surface area (Å²) < 4.78 is 13.8. The van der Waals surface area contributed by atoms with Gasteiger partial charge in [-0.3, -0.25) is 0 Å². The molecule has 10 rings (SSSR count). The van der Waals surface area contributed by atoms with Crippen LogP contribution in [0.5, 0.6) is 0 Å². The molecule has 0 atom stereocenters. The fourth-order valence-corrected chi connectivity index (χ4v) is 7.89. The van der Waals surface area contributed by atoms with Crippen molar-refractivity contribution < 1.29 is 8.83 Å². The maximum atomic E-state index is 6.90. The summed E-state index contributed by atoms with van der Waals surface area (Å²) in [4.78, 5) is 4.64. The Bertz CT molecular complexity index is 2860. The summed E-state index contributed by atoms with van der Waals surface area (Å²) in [5.41, 5.74) is 12.4. The van der Waals surface area contributed by atoms with Crippen molar-refractivity contribution in [3.05, 3.63) is 175 Å². The molecule has 0 unspecified atom stereocenters. The highest BCUT2D eigenvalue weighted by molar-refractivity contribution is 6.33. The molecule has 0 bridgehead atoms. The number of nitrogens with zero attached hydrogens (tertiary/aromatic N) is 2. The summed E-state index contributed by atoms with van der Waals surface area (Å²) in [7, 11) is 0. The van der Waals surface area contributed by atoms with Crippen LogP contribution in [0.25, 0.3) is 54.6 Å². The lowest BCUT2D eigenvalue weighted by Gasteiger charge is -2.29. The van der Waals surface area contributed by atoms with Gasteiger partial charge in [-0.1, -0.05) is 90.0 Å². The molecule has 0 fully saturated rings. The molecule has 0 spiro atoms. The second-order valence-electron chi connectivity index (χ2n) is 13.8. The molecular formula is C48H36N2O2. The van der Waals surface area contributed by atoms with Crippen LogP contribution in [-0.2, 0) is 0 Å². The van der Waals surface area contributed by atoms with Gasteiger partial charge < -0.3 is 18.6 Å². The van der Waals surface area contributed by atoms with E-state index >= 15 is 0 Å². The van der Waals surface area contributed by atoms with Gasteiger partial charge in [0.25, 0.3) is 0 Å². The smallest absolute Gasteiger partial charge is 0.179 e. The first-order valence-electron chi connectivity index (χ1n) is 18.0. The Morgan fingerprint density at radius 1 is 0.462 bits per heavy atom. The number of para-hydroxylation sites is 1. The van der Waals surface area contributed by atoms with Crippen molar-refractivity contribution in [3.63, 3.8) is 0 Å². The van der Waals surface area contributed by atoms with Crippen LogP contribution in [0, 0.1) is 13.8 Å². The van der Waals surface area contributed by atoms with Gasteiger partial charge in [-0.15, -0.1) is 0 Å². The van der Waals surface area contributed by atoms with Gasteiger partial charge in [0.2, 0.25) is 0 Å². The molecule has 0 amide bonds. The van der Waals surface area contributed by atoms with E-state index in [-0.39, 0.29) is 0 Å². The quantitative estimate of drug-likeness (QED) is 0.176. The molecule has 0 saturated heterocycles. The van der Waals surface area contributed by atoms with Crippen LogP contribution in [0.15, 0.2) is 172 Å². The molecule has 7 aromatic carbocycles. The Morgan fingerprint density at radius 2 is 0.942 bits per heavy atom. The summed E-state index contributed by atoms with van der Waals surface area (Å²) >= 11 is 0. The molecule has 0 N–H and O–H groups in total. The van der Waals surface area contributed by atoms with Crippen LogP contribution in [-0.4, -0.2) is 0 Å². The van der Waals surface area contributed by atoms with E-state index in [9.17, 15) is 0 Å². The lowest BCUT2D eigenvalue weighted by molar-refractivity contribution is 0.633. The number of hydrogen-bond donors (Lipinski definition) is 0. The SMILES string of the molecule is Cc1ccc(N(C2=CC=CCC2)c2ccc3c(c2)oc2c4oc5cc(N(c6ccccc6)c6ccc(C)cc6)ccc5c4c4ccccc4c32)cc1. The van der Waals surface area contributed by atoms with Crippen molar-refractivity contribution in [2.24, 2.45) is 0 Å². The summed E-state index contributed by atoms with van der Waals surface area (Å²) in [5, 5.41) is 6.61. The molecule has 2 heterocycles. The first-order valence-corrected chi connectivity index (χ1v) is 18.0. The van der Waals surface area contributed by atoms with Crippen molar-refractivity contribution in [3.8, 4) is 0 Å². The maximum Gasteiger partial charge on any atom is 0.179 e. The van der Waals surface area contributed by atoms with E-state index in [0.29, 0.717) is 0 Å². The predicted molar refractivity (Wildman–Crippen MR) is 218 cm³/mol. The van der Waals surface area contributed by atoms with Gasteiger partial charge in [0.15, 0.2) is 11.2 Å². The molecule has 0 radical (unpaired) electrons. The Labute approximate surface area is 302 Å². The molecule has 1 aliphatic carbocycles. The third-order valence-corrected chi connectivity index (χ3v) is 10.4. The van der Waals surface area contributed by atoms with Crippen LogP contribution >= 0.6 is 0 Å². The predicted octanol–water partition coefficient (Wildman–Crippen LogP) is 14.1. The second-order valence-corrected chi connectivity index (χ2v) is 13.8. The first kappa shape index (κ1) is 30.3. The van der Waals surface area contributed by atoms with Gasteiger partial charge in [0, 0.05) is 67.8 Å². The Hall–Kier alpha value is -6.52. The zero-order chi connectivity index (χ0) is 34.8. The Morgan fingerprint density at radius 3 is 1.48 bits per heavy atom. The van der Waals surface area contributed by atoms with Crippen molar-refractivity contribution in [2.45, 2.75) is 26.7 Å². The lowest BCUT2D eigenvalue weighted by Crippen LogP contribution is -2.17. The number of allylic oxidation sites excluding steroid dienone is 4. The molecule has 250 valence electrons. The fourth-order valence-electron chi connectivity index (χ4n) is 7.89. The molecule has 1 aliphatic rings. The highest BCUT2D eigenvalue weighted by Gasteiger charge is 2.24. The average Bonchev–Trinajstić information content (AvgIpc) is 3.77. The highest BCUT2D eigenvalue weighted by Crippen LogP contribution is 2.47. The Balaban J connectivity index is 1.19. The van der Waals surface area contributed by atoms with E-state index in [1.54, 1.807) is 0 Å². The topological polar surface area (TPSA) is 32.8 Å². The van der Waals surface area contributed by atoms with Gasteiger partial charge >= 0.3 is 0 Å². The van der Waals surface area contributed by atoms with Crippen LogP contribution in [0.1, 0.15) is 24.0 Å². The van der Waals surface area contributed by atoms with Gasteiger partial charge in [0.1, 0.15) is 11.2 Å². The molecule has 9 aromatic rings. The summed E-state index contributed by atoms with van der Waals surface area (Å²) in [6, 6.07) is 49.7. The molecule has 0 aliphatic heterocycles. The third kappa shape index (κ3) is 4.90. The minimum atomic E-state index is 0.774. The van der Waals surface area contributed by atoms with Gasteiger partial charge in [-0.05, 0) is 104 Å². The minimum absolute atomic E-state index is 0.774. The summed E-state index contributed by atoms with van der Waals surface area (Å²) in [6.45, 7) is 4.25. The lowest BCUT2D eigenvalue weighted by atomic mass is 9.98. The van der Waals surface area contributed by atoms with Crippen molar-refractivity contribution in [1.29, 1.82) is 0 Å². The van der Waals surface area contributed by atoms with Crippen LogP contribution in [0.3, 0.4) is 0 Å². The monoisotopic (exact) mass is 672 g/mol. The van der Waals surface area contributed by atoms with Crippen molar-refractivity contribution in [1.82, 2.24) is 0 Å². The number of rotatable bonds is 6. The standard InChI is InChI=1S/C48H36N2O2/c1-31-17-21-35(22-18-31)49(33-11-5-3-6-12-33)37-25-27-41-43(29-37)51-47-45(41)39-15-9-10-16-40(39)46-42-28-26-38(30-44(42)52-48(46)47)50(34-13-7-4-8-14-34)36-23-19-32(2)20-24-36/h3-7,9-13,15-30H,8,14H2,1-2H3. The largest absolute Gasteiger partial charge is 0.452 e. The second kappa shape index (κ2) is 12.1. The van der Waals surface area contributed by atoms with E-state index < -0.39 is 0 Å². The number of fused-ring (bicyclic) bond motifs is 10. The molecular weight excluding hydrogens is 637 g/mol. The number of anilines is 5. The fraction of sp³-hybridized carbons (Fsp3) is 0.0833. The zero-order valence-electron chi connectivity index (χ0n) is 29.1. The van der Waals surface area contributed by atoms with E-state index in [1.807, 2.05) is 0 Å². The van der Waals surface area contributed by atoms with Gasteiger partial charge in [-0.25, -0.2) is 0 Å². The van der Waals surface area contributed by atoms with E-state index in [1.165, 1.54) is 16.8 Å².